The second kappa shape index (κ2) is 10.2. The molecule has 2 aromatic carbocycles. The first-order valence-corrected chi connectivity index (χ1v) is 10.4. The van der Waals surface area contributed by atoms with Gasteiger partial charge in [-0.15, -0.1) is 0 Å². The number of carbonyl (C=O) groups excluding carboxylic acids is 2. The number of hydrogen-bond acceptors (Lipinski definition) is 7. The van der Waals surface area contributed by atoms with Gasteiger partial charge in [0.05, 0.1) is 43.2 Å². The van der Waals surface area contributed by atoms with Crippen molar-refractivity contribution < 1.29 is 28.5 Å². The molecule has 164 valence electrons. The van der Waals surface area contributed by atoms with Crippen molar-refractivity contribution in [1.29, 1.82) is 0 Å². The number of ether oxygens (including phenoxy) is 4. The summed E-state index contributed by atoms with van der Waals surface area (Å²) in [5.74, 6) is 0.180. The van der Waals surface area contributed by atoms with E-state index in [1.807, 2.05) is 10.6 Å². The van der Waals surface area contributed by atoms with E-state index in [1.54, 1.807) is 44.4 Å². The highest BCUT2D eigenvalue weighted by atomic mass is 32.1. The Balaban J connectivity index is 2.07. The zero-order valence-corrected chi connectivity index (χ0v) is 18.7. The maximum atomic E-state index is 12.9. The minimum atomic E-state index is -0.413. The molecular formula is C22H24N2O6S. The summed E-state index contributed by atoms with van der Waals surface area (Å²) >= 11 is 1.32. The molecular weight excluding hydrogens is 420 g/mol. The van der Waals surface area contributed by atoms with Crippen molar-refractivity contribution in [2.24, 2.45) is 4.99 Å². The molecule has 0 aliphatic rings. The molecule has 0 N–H and O–H groups in total. The Kier molecular flexibility index (Phi) is 7.43. The molecule has 0 spiro atoms. The first-order valence-electron chi connectivity index (χ1n) is 9.62. The van der Waals surface area contributed by atoms with E-state index in [4.69, 9.17) is 18.9 Å². The van der Waals surface area contributed by atoms with E-state index in [0.717, 1.165) is 10.2 Å². The predicted octanol–water partition coefficient (Wildman–Crippen LogP) is 3.28. The maximum Gasteiger partial charge on any atom is 0.338 e. The van der Waals surface area contributed by atoms with Gasteiger partial charge in [0.1, 0.15) is 0 Å². The van der Waals surface area contributed by atoms with Crippen molar-refractivity contribution in [2.45, 2.75) is 13.5 Å². The highest BCUT2D eigenvalue weighted by Gasteiger charge is 2.14. The van der Waals surface area contributed by atoms with Gasteiger partial charge in [-0.1, -0.05) is 11.3 Å². The van der Waals surface area contributed by atoms with Gasteiger partial charge in [0.25, 0.3) is 5.91 Å². The molecule has 3 rings (SSSR count). The average molecular weight is 445 g/mol. The molecule has 0 saturated carbocycles. The Bertz CT molecular complexity index is 1160. The lowest BCUT2D eigenvalue weighted by Gasteiger charge is -2.08. The molecule has 0 aliphatic carbocycles. The molecule has 0 radical (unpaired) electrons. The van der Waals surface area contributed by atoms with E-state index in [9.17, 15) is 9.59 Å². The van der Waals surface area contributed by atoms with Crippen molar-refractivity contribution in [3.8, 4) is 11.5 Å². The van der Waals surface area contributed by atoms with Gasteiger partial charge in [-0.25, -0.2) is 4.79 Å². The number of fused-ring (bicyclic) bond motifs is 1. The number of benzene rings is 2. The SMILES string of the molecule is CCOC(=O)c1ccc2c(c1)sc(=NC(=O)c1ccc(OC)c(OC)c1)n2CCOC. The second-order valence-corrected chi connectivity index (χ2v) is 7.43. The van der Waals surface area contributed by atoms with Gasteiger partial charge in [-0.05, 0) is 43.3 Å². The number of rotatable bonds is 8. The molecule has 0 aliphatic heterocycles. The van der Waals surface area contributed by atoms with Crippen molar-refractivity contribution >= 4 is 33.4 Å². The van der Waals surface area contributed by atoms with E-state index in [2.05, 4.69) is 4.99 Å². The van der Waals surface area contributed by atoms with Gasteiger partial charge in [0.2, 0.25) is 0 Å². The molecule has 0 bridgehead atoms. The molecule has 0 fully saturated rings. The van der Waals surface area contributed by atoms with Crippen LogP contribution in [0.25, 0.3) is 10.2 Å². The summed E-state index contributed by atoms with van der Waals surface area (Å²) in [6.07, 6.45) is 0. The topological polar surface area (TPSA) is 88.4 Å². The largest absolute Gasteiger partial charge is 0.493 e. The molecule has 1 amide bonds. The number of carbonyl (C=O) groups is 2. The summed E-state index contributed by atoms with van der Waals surface area (Å²) in [4.78, 5) is 29.8. The van der Waals surface area contributed by atoms with Crippen LogP contribution in [0.3, 0.4) is 0 Å². The third-order valence-electron chi connectivity index (χ3n) is 4.54. The van der Waals surface area contributed by atoms with Gasteiger partial charge in [-0.3, -0.25) is 4.79 Å². The lowest BCUT2D eigenvalue weighted by Crippen LogP contribution is -2.19. The first kappa shape index (κ1) is 22.5. The Morgan fingerprint density at radius 2 is 1.74 bits per heavy atom. The predicted molar refractivity (Wildman–Crippen MR) is 117 cm³/mol. The third-order valence-corrected chi connectivity index (χ3v) is 5.58. The minimum Gasteiger partial charge on any atom is -0.493 e. The van der Waals surface area contributed by atoms with Crippen molar-refractivity contribution in [3.63, 3.8) is 0 Å². The molecule has 0 atom stereocenters. The average Bonchev–Trinajstić information content (AvgIpc) is 3.13. The summed E-state index contributed by atoms with van der Waals surface area (Å²) < 4.78 is 23.5. The first-order chi connectivity index (χ1) is 15.0. The Hall–Kier alpha value is -3.17. The van der Waals surface area contributed by atoms with Gasteiger partial charge < -0.3 is 23.5 Å². The smallest absolute Gasteiger partial charge is 0.338 e. The molecule has 0 saturated heterocycles. The van der Waals surface area contributed by atoms with E-state index >= 15 is 0 Å². The second-order valence-electron chi connectivity index (χ2n) is 6.42. The van der Waals surface area contributed by atoms with E-state index < -0.39 is 5.91 Å². The standard InChI is InChI=1S/C22H24N2O6S/c1-5-30-21(26)15-6-8-16-19(13-15)31-22(24(16)10-11-27-2)23-20(25)14-7-9-17(28-3)18(12-14)29-4/h6-9,12-13H,5,10-11H2,1-4H3. The zero-order valence-electron chi connectivity index (χ0n) is 17.8. The third kappa shape index (κ3) is 4.95. The van der Waals surface area contributed by atoms with Crippen LogP contribution < -0.4 is 14.3 Å². The minimum absolute atomic E-state index is 0.301. The van der Waals surface area contributed by atoms with Gasteiger partial charge in [0, 0.05) is 19.2 Å². The van der Waals surface area contributed by atoms with Crippen LogP contribution in [0, 0.1) is 0 Å². The van der Waals surface area contributed by atoms with E-state index in [-0.39, 0.29) is 5.97 Å². The van der Waals surface area contributed by atoms with Gasteiger partial charge in [0.15, 0.2) is 16.3 Å². The van der Waals surface area contributed by atoms with Gasteiger partial charge >= 0.3 is 5.97 Å². The number of methoxy groups -OCH3 is 3. The molecule has 1 aromatic heterocycles. The number of amides is 1. The number of hydrogen-bond donors (Lipinski definition) is 0. The molecule has 1 heterocycles. The number of esters is 1. The van der Waals surface area contributed by atoms with Crippen LogP contribution in [0.2, 0.25) is 0 Å². The van der Waals surface area contributed by atoms with Crippen LogP contribution in [0.4, 0.5) is 0 Å². The summed E-state index contributed by atoms with van der Waals surface area (Å²) in [5, 5.41) is 0. The molecule has 0 unspecified atom stereocenters. The van der Waals surface area contributed by atoms with Crippen LogP contribution in [-0.4, -0.2) is 51.0 Å². The normalized spacial score (nSPS) is 11.5. The fourth-order valence-corrected chi connectivity index (χ4v) is 4.11. The van der Waals surface area contributed by atoms with Crippen LogP contribution in [0.15, 0.2) is 41.4 Å². The number of thiazole rings is 1. The molecule has 3 aromatic rings. The van der Waals surface area contributed by atoms with Crippen LogP contribution in [-0.2, 0) is 16.0 Å². The molecule has 9 heteroatoms. The van der Waals surface area contributed by atoms with Crippen LogP contribution in [0.1, 0.15) is 27.6 Å². The lowest BCUT2D eigenvalue weighted by molar-refractivity contribution is 0.0526. The molecule has 31 heavy (non-hydrogen) atoms. The molecule has 8 nitrogen and oxygen atoms in total. The van der Waals surface area contributed by atoms with Crippen molar-refractivity contribution in [1.82, 2.24) is 4.57 Å². The summed E-state index contributed by atoms with van der Waals surface area (Å²) in [6, 6.07) is 10.2. The quantitative estimate of drug-likeness (QED) is 0.496. The van der Waals surface area contributed by atoms with Crippen molar-refractivity contribution in [3.05, 3.63) is 52.3 Å². The van der Waals surface area contributed by atoms with E-state index in [1.165, 1.54) is 25.6 Å². The fourth-order valence-electron chi connectivity index (χ4n) is 3.02. The highest BCUT2D eigenvalue weighted by Crippen LogP contribution is 2.28. The summed E-state index contributed by atoms with van der Waals surface area (Å²) in [6.45, 7) is 3.02. The lowest BCUT2D eigenvalue weighted by atomic mass is 10.2. The Morgan fingerprint density at radius 3 is 2.42 bits per heavy atom. The Labute approximate surface area is 183 Å². The fraction of sp³-hybridized carbons (Fsp3) is 0.318. The van der Waals surface area contributed by atoms with Gasteiger partial charge in [-0.2, -0.15) is 4.99 Å². The van der Waals surface area contributed by atoms with Crippen LogP contribution >= 0.6 is 11.3 Å². The maximum absolute atomic E-state index is 12.9. The Morgan fingerprint density at radius 1 is 1.00 bits per heavy atom. The summed E-state index contributed by atoms with van der Waals surface area (Å²) in [7, 11) is 4.65. The van der Waals surface area contributed by atoms with Crippen LogP contribution in [0.5, 0.6) is 11.5 Å². The summed E-state index contributed by atoms with van der Waals surface area (Å²) in [5.41, 5.74) is 1.68. The zero-order chi connectivity index (χ0) is 22.4. The van der Waals surface area contributed by atoms with E-state index in [0.29, 0.717) is 47.2 Å². The highest BCUT2D eigenvalue weighted by molar-refractivity contribution is 7.16. The number of aromatic nitrogens is 1. The van der Waals surface area contributed by atoms with Crippen molar-refractivity contribution in [2.75, 3.05) is 34.5 Å². The monoisotopic (exact) mass is 444 g/mol. The number of nitrogens with zero attached hydrogens (tertiary/aromatic N) is 2.